The number of carbonyl (C=O) groups is 2. The molecule has 1 amide bonds. The van der Waals surface area contributed by atoms with Crippen LogP contribution in [0.1, 0.15) is 29.8 Å². The van der Waals surface area contributed by atoms with Gasteiger partial charge in [0.15, 0.2) is 0 Å². The van der Waals surface area contributed by atoms with Crippen molar-refractivity contribution < 1.29 is 14.3 Å². The number of ether oxygens (including phenoxy) is 1. The first-order valence-corrected chi connectivity index (χ1v) is 6.44. The van der Waals surface area contributed by atoms with Gasteiger partial charge in [-0.1, -0.05) is 25.5 Å². The highest BCUT2D eigenvalue weighted by Gasteiger charge is 2.10. The topological polar surface area (TPSA) is 58.6 Å². The van der Waals surface area contributed by atoms with Gasteiger partial charge in [0.25, 0.3) is 0 Å². The Morgan fingerprint density at radius 3 is 2.15 bits per heavy atom. The predicted molar refractivity (Wildman–Crippen MR) is 83.2 cm³/mol. The number of esters is 1. The molecule has 1 N–H and O–H groups in total. The number of anilines is 1. The molecular weight excluding hydrogens is 256 g/mol. The molecule has 5 nitrogen and oxygen atoms in total. The van der Waals surface area contributed by atoms with Gasteiger partial charge >= 0.3 is 5.97 Å². The Hall–Kier alpha value is -2.04. The van der Waals surface area contributed by atoms with Crippen molar-refractivity contribution in [3.63, 3.8) is 0 Å². The maximum Gasteiger partial charge on any atom is 0.339 e. The molecule has 0 aliphatic rings. The van der Waals surface area contributed by atoms with Crippen LogP contribution in [0.4, 0.5) is 5.69 Å². The predicted octanol–water partition coefficient (Wildman–Crippen LogP) is 2.55. The minimum absolute atomic E-state index is 0.312. The molecule has 0 saturated carbocycles. The second-order valence-corrected chi connectivity index (χ2v) is 3.86. The molecule has 1 rings (SSSR count). The fourth-order valence-electron chi connectivity index (χ4n) is 1.15. The molecule has 1 aromatic rings. The summed E-state index contributed by atoms with van der Waals surface area (Å²) < 4.78 is 4.65. The molecule has 0 heterocycles. The first-order chi connectivity index (χ1) is 9.46. The lowest BCUT2D eigenvalue weighted by molar-refractivity contribution is -0.115. The van der Waals surface area contributed by atoms with E-state index in [-0.39, 0.29) is 5.97 Å². The number of aryl methyl sites for hydroxylation is 1. The molecule has 20 heavy (non-hydrogen) atoms. The zero-order valence-corrected chi connectivity index (χ0v) is 13.5. The van der Waals surface area contributed by atoms with E-state index in [0.29, 0.717) is 5.56 Å². The van der Waals surface area contributed by atoms with Crippen molar-refractivity contribution in [1.29, 1.82) is 0 Å². The summed E-state index contributed by atoms with van der Waals surface area (Å²) in [4.78, 5) is 22.2. The SMILES string of the molecule is CC.CN(C)C=O.CNc1ccc(C)cc1C(=O)OC. The van der Waals surface area contributed by atoms with Crippen molar-refractivity contribution in [2.45, 2.75) is 20.8 Å². The molecule has 5 heteroatoms. The summed E-state index contributed by atoms with van der Waals surface area (Å²) in [6, 6.07) is 5.61. The Morgan fingerprint density at radius 1 is 1.30 bits per heavy atom. The smallest absolute Gasteiger partial charge is 0.339 e. The van der Waals surface area contributed by atoms with Gasteiger partial charge < -0.3 is 15.0 Å². The third-order valence-electron chi connectivity index (χ3n) is 2.06. The number of amides is 1. The van der Waals surface area contributed by atoms with Crippen LogP contribution < -0.4 is 5.32 Å². The first kappa shape index (κ1) is 20.3. The van der Waals surface area contributed by atoms with E-state index in [2.05, 4.69) is 10.1 Å². The van der Waals surface area contributed by atoms with Gasteiger partial charge in [-0.15, -0.1) is 0 Å². The molecule has 0 radical (unpaired) electrons. The van der Waals surface area contributed by atoms with Crippen LogP contribution in [-0.2, 0) is 9.53 Å². The molecule has 0 aromatic heterocycles. The summed E-state index contributed by atoms with van der Waals surface area (Å²) in [5, 5.41) is 2.94. The average molecular weight is 282 g/mol. The number of rotatable bonds is 3. The number of nitrogens with one attached hydrogen (secondary N) is 1. The van der Waals surface area contributed by atoms with Crippen LogP contribution in [0.25, 0.3) is 0 Å². The van der Waals surface area contributed by atoms with E-state index >= 15 is 0 Å². The third kappa shape index (κ3) is 8.13. The van der Waals surface area contributed by atoms with Gasteiger partial charge in [-0.25, -0.2) is 4.79 Å². The van der Waals surface area contributed by atoms with E-state index in [1.807, 2.05) is 32.9 Å². The number of methoxy groups -OCH3 is 1. The number of benzene rings is 1. The van der Waals surface area contributed by atoms with Gasteiger partial charge in [-0.3, -0.25) is 4.79 Å². The number of nitrogens with zero attached hydrogens (tertiary/aromatic N) is 1. The fourth-order valence-corrected chi connectivity index (χ4v) is 1.15. The molecular formula is C15H26N2O3. The quantitative estimate of drug-likeness (QED) is 0.684. The number of hydrogen-bond donors (Lipinski definition) is 1. The maximum absolute atomic E-state index is 11.3. The van der Waals surface area contributed by atoms with Crippen molar-refractivity contribution in [3.05, 3.63) is 29.3 Å². The molecule has 0 aliphatic heterocycles. The van der Waals surface area contributed by atoms with Crippen LogP contribution in [0.15, 0.2) is 18.2 Å². The van der Waals surface area contributed by atoms with E-state index < -0.39 is 0 Å². The fraction of sp³-hybridized carbons (Fsp3) is 0.467. The second kappa shape index (κ2) is 12.0. The molecule has 0 fully saturated rings. The van der Waals surface area contributed by atoms with E-state index in [1.165, 1.54) is 12.0 Å². The minimum atomic E-state index is -0.312. The Bertz CT molecular complexity index is 404. The highest BCUT2D eigenvalue weighted by Crippen LogP contribution is 2.17. The van der Waals surface area contributed by atoms with Crippen LogP contribution in [0.3, 0.4) is 0 Å². The van der Waals surface area contributed by atoms with Crippen molar-refractivity contribution in [2.75, 3.05) is 33.6 Å². The third-order valence-corrected chi connectivity index (χ3v) is 2.06. The van der Waals surface area contributed by atoms with Gasteiger partial charge in [0, 0.05) is 26.8 Å². The van der Waals surface area contributed by atoms with E-state index in [0.717, 1.165) is 17.7 Å². The summed E-state index contributed by atoms with van der Waals surface area (Å²) >= 11 is 0. The molecule has 0 aliphatic carbocycles. The summed E-state index contributed by atoms with van der Waals surface area (Å²) in [5.74, 6) is -0.312. The molecule has 0 spiro atoms. The Balaban J connectivity index is 0. The van der Waals surface area contributed by atoms with Crippen molar-refractivity contribution in [2.24, 2.45) is 0 Å². The highest BCUT2D eigenvalue weighted by atomic mass is 16.5. The molecule has 0 bridgehead atoms. The van der Waals surface area contributed by atoms with Crippen LogP contribution in [0.2, 0.25) is 0 Å². The number of hydrogen-bond acceptors (Lipinski definition) is 4. The number of carbonyl (C=O) groups excluding carboxylic acids is 2. The zero-order chi connectivity index (χ0) is 16.1. The Morgan fingerprint density at radius 2 is 1.80 bits per heavy atom. The zero-order valence-electron chi connectivity index (χ0n) is 13.5. The molecule has 0 atom stereocenters. The van der Waals surface area contributed by atoms with E-state index in [4.69, 9.17) is 0 Å². The van der Waals surface area contributed by atoms with E-state index in [9.17, 15) is 9.59 Å². The van der Waals surface area contributed by atoms with Gasteiger partial charge in [-0.2, -0.15) is 0 Å². The normalized spacial score (nSPS) is 8.15. The Labute approximate surface area is 121 Å². The van der Waals surface area contributed by atoms with Gasteiger partial charge in [0.2, 0.25) is 6.41 Å². The van der Waals surface area contributed by atoms with Crippen LogP contribution in [0.5, 0.6) is 0 Å². The minimum Gasteiger partial charge on any atom is -0.465 e. The van der Waals surface area contributed by atoms with Crippen LogP contribution in [-0.4, -0.2) is 45.5 Å². The lowest BCUT2D eigenvalue weighted by Gasteiger charge is -2.07. The van der Waals surface area contributed by atoms with Crippen molar-refractivity contribution in [3.8, 4) is 0 Å². The van der Waals surface area contributed by atoms with Crippen LogP contribution >= 0.6 is 0 Å². The standard InChI is InChI=1S/C10H13NO2.C3H7NO.C2H6/c1-7-4-5-9(11-2)8(6-7)10(12)13-3;1-4(2)3-5;1-2/h4-6,11H,1-3H3;3H,1-2H3;1-2H3. The van der Waals surface area contributed by atoms with Gasteiger partial charge in [0.1, 0.15) is 0 Å². The summed E-state index contributed by atoms with van der Waals surface area (Å²) in [6.07, 6.45) is 0.750. The van der Waals surface area contributed by atoms with E-state index in [1.54, 1.807) is 27.2 Å². The van der Waals surface area contributed by atoms with Crippen molar-refractivity contribution in [1.82, 2.24) is 4.90 Å². The molecule has 1 aromatic carbocycles. The molecule has 114 valence electrons. The summed E-state index contributed by atoms with van der Waals surface area (Å²) in [5.41, 5.74) is 2.40. The summed E-state index contributed by atoms with van der Waals surface area (Å²) in [6.45, 7) is 5.94. The van der Waals surface area contributed by atoms with Crippen molar-refractivity contribution >= 4 is 18.1 Å². The maximum atomic E-state index is 11.3. The average Bonchev–Trinajstić information content (AvgIpc) is 2.48. The summed E-state index contributed by atoms with van der Waals surface area (Å²) in [7, 11) is 6.53. The lowest BCUT2D eigenvalue weighted by atomic mass is 10.1. The monoisotopic (exact) mass is 282 g/mol. The highest BCUT2D eigenvalue weighted by molar-refractivity contribution is 5.95. The largest absolute Gasteiger partial charge is 0.465 e. The lowest BCUT2D eigenvalue weighted by Crippen LogP contribution is -2.06. The van der Waals surface area contributed by atoms with Gasteiger partial charge in [-0.05, 0) is 19.1 Å². The molecule has 0 saturated heterocycles. The van der Waals surface area contributed by atoms with Crippen LogP contribution in [0, 0.1) is 6.92 Å². The Kier molecular flexibility index (Phi) is 12.2. The van der Waals surface area contributed by atoms with Gasteiger partial charge in [0.05, 0.1) is 12.7 Å². The molecule has 0 unspecified atom stereocenters. The first-order valence-electron chi connectivity index (χ1n) is 6.44. The second-order valence-electron chi connectivity index (χ2n) is 3.86.